The normalized spacial score (nSPS) is 19.1. The average Bonchev–Trinajstić information content (AvgIpc) is 2.47. The van der Waals surface area contributed by atoms with E-state index < -0.39 is 6.09 Å². The molecule has 2 rings (SSSR count). The summed E-state index contributed by atoms with van der Waals surface area (Å²) in [5.74, 6) is 0. The monoisotopic (exact) mass is 192 g/mol. The third-order valence-corrected chi connectivity index (χ3v) is 2.61. The molecule has 14 heavy (non-hydrogen) atoms. The average molecular weight is 192 g/mol. The minimum absolute atomic E-state index is 0.0189. The minimum atomic E-state index is -0.951. The van der Waals surface area contributed by atoms with E-state index in [4.69, 9.17) is 5.11 Å². The molecule has 1 amide bonds. The summed E-state index contributed by atoms with van der Waals surface area (Å²) >= 11 is 0. The zero-order chi connectivity index (χ0) is 10.1. The van der Waals surface area contributed by atoms with Gasteiger partial charge < -0.3 is 10.4 Å². The van der Waals surface area contributed by atoms with Crippen LogP contribution in [-0.2, 0) is 12.8 Å². The highest BCUT2D eigenvalue weighted by atomic mass is 16.4. The Kier molecular flexibility index (Phi) is 2.11. The number of hydrogen-bond donors (Lipinski definition) is 2. The Morgan fingerprint density at radius 1 is 1.64 bits per heavy atom. The van der Waals surface area contributed by atoms with Gasteiger partial charge in [-0.05, 0) is 37.0 Å². The molecule has 0 aliphatic heterocycles. The van der Waals surface area contributed by atoms with E-state index in [9.17, 15) is 4.79 Å². The number of nitrogens with zero attached hydrogens (tertiary/aromatic N) is 1. The quantitative estimate of drug-likeness (QED) is 0.701. The lowest BCUT2D eigenvalue weighted by atomic mass is 10.1. The summed E-state index contributed by atoms with van der Waals surface area (Å²) in [6, 6.07) is 1.98. The van der Waals surface area contributed by atoms with Crippen molar-refractivity contribution in [1.82, 2.24) is 10.3 Å². The SMILES string of the molecule is Cc1nccc2c1CC(NC(=O)O)C2. The van der Waals surface area contributed by atoms with Crippen LogP contribution >= 0.6 is 0 Å². The maximum atomic E-state index is 10.5. The Hall–Kier alpha value is -1.58. The number of nitrogens with one attached hydrogen (secondary N) is 1. The van der Waals surface area contributed by atoms with E-state index in [1.165, 1.54) is 11.1 Å². The summed E-state index contributed by atoms with van der Waals surface area (Å²) in [5, 5.41) is 11.1. The van der Waals surface area contributed by atoms with Crippen LogP contribution in [0.5, 0.6) is 0 Å². The predicted octanol–water partition coefficient (Wildman–Crippen LogP) is 1.12. The first kappa shape index (κ1) is 8.99. The van der Waals surface area contributed by atoms with E-state index in [0.29, 0.717) is 0 Å². The standard InChI is InChI=1S/C10H12N2O2/c1-6-9-5-8(12-10(13)14)4-7(9)2-3-11-6/h2-3,8,12H,4-5H2,1H3,(H,13,14). The van der Waals surface area contributed by atoms with Gasteiger partial charge in [-0.2, -0.15) is 0 Å². The van der Waals surface area contributed by atoms with Crippen LogP contribution in [0.3, 0.4) is 0 Å². The number of hydrogen-bond acceptors (Lipinski definition) is 2. The smallest absolute Gasteiger partial charge is 0.404 e. The molecular weight excluding hydrogens is 180 g/mol. The molecular formula is C10H12N2O2. The summed E-state index contributed by atoms with van der Waals surface area (Å²) in [6.07, 6.45) is 2.37. The van der Waals surface area contributed by atoms with Gasteiger partial charge in [-0.1, -0.05) is 0 Å². The van der Waals surface area contributed by atoms with Crippen molar-refractivity contribution in [2.24, 2.45) is 0 Å². The van der Waals surface area contributed by atoms with Gasteiger partial charge in [-0.25, -0.2) is 4.79 Å². The summed E-state index contributed by atoms with van der Waals surface area (Å²) < 4.78 is 0. The topological polar surface area (TPSA) is 62.2 Å². The van der Waals surface area contributed by atoms with Crippen molar-refractivity contribution in [1.29, 1.82) is 0 Å². The number of aryl methyl sites for hydroxylation is 1. The maximum absolute atomic E-state index is 10.5. The molecule has 1 aromatic heterocycles. The Morgan fingerprint density at radius 2 is 2.43 bits per heavy atom. The Labute approximate surface area is 82.0 Å². The number of fused-ring (bicyclic) bond motifs is 1. The van der Waals surface area contributed by atoms with Crippen molar-refractivity contribution in [2.75, 3.05) is 0 Å². The molecule has 1 unspecified atom stereocenters. The van der Waals surface area contributed by atoms with Crippen LogP contribution in [0.25, 0.3) is 0 Å². The molecule has 2 N–H and O–H groups in total. The number of amides is 1. The minimum Gasteiger partial charge on any atom is -0.465 e. The molecule has 0 radical (unpaired) electrons. The summed E-state index contributed by atoms with van der Waals surface area (Å²) in [4.78, 5) is 14.7. The molecule has 1 atom stereocenters. The van der Waals surface area contributed by atoms with Gasteiger partial charge in [0.25, 0.3) is 0 Å². The van der Waals surface area contributed by atoms with E-state index in [1.54, 1.807) is 6.20 Å². The van der Waals surface area contributed by atoms with Gasteiger partial charge in [0.05, 0.1) is 0 Å². The van der Waals surface area contributed by atoms with Crippen LogP contribution in [0.4, 0.5) is 4.79 Å². The first-order chi connectivity index (χ1) is 6.66. The molecule has 0 saturated heterocycles. The lowest BCUT2D eigenvalue weighted by Gasteiger charge is -2.07. The van der Waals surface area contributed by atoms with Crippen LogP contribution in [0.1, 0.15) is 16.8 Å². The second-order valence-electron chi connectivity index (χ2n) is 3.59. The number of carbonyl (C=O) groups is 1. The van der Waals surface area contributed by atoms with Gasteiger partial charge in [0.15, 0.2) is 0 Å². The second kappa shape index (κ2) is 3.29. The molecule has 1 heterocycles. The zero-order valence-electron chi connectivity index (χ0n) is 7.95. The Bertz CT molecular complexity index is 376. The lowest BCUT2D eigenvalue weighted by molar-refractivity contribution is 0.190. The zero-order valence-corrected chi connectivity index (χ0v) is 7.95. The van der Waals surface area contributed by atoms with E-state index in [1.807, 2.05) is 13.0 Å². The molecule has 0 spiro atoms. The molecule has 0 saturated carbocycles. The largest absolute Gasteiger partial charge is 0.465 e. The molecule has 1 aliphatic carbocycles. The first-order valence-electron chi connectivity index (χ1n) is 4.59. The molecule has 1 aromatic rings. The highest BCUT2D eigenvalue weighted by Crippen LogP contribution is 2.23. The molecule has 1 aliphatic rings. The van der Waals surface area contributed by atoms with Crippen LogP contribution < -0.4 is 5.32 Å². The lowest BCUT2D eigenvalue weighted by Crippen LogP contribution is -2.33. The number of carboxylic acid groups (broad SMARTS) is 1. The van der Waals surface area contributed by atoms with Crippen molar-refractivity contribution < 1.29 is 9.90 Å². The Balaban J connectivity index is 2.18. The van der Waals surface area contributed by atoms with E-state index >= 15 is 0 Å². The van der Waals surface area contributed by atoms with Crippen molar-refractivity contribution >= 4 is 6.09 Å². The van der Waals surface area contributed by atoms with Crippen LogP contribution in [0.15, 0.2) is 12.3 Å². The van der Waals surface area contributed by atoms with Crippen LogP contribution in [0, 0.1) is 6.92 Å². The third kappa shape index (κ3) is 1.55. The number of pyridine rings is 1. The Morgan fingerprint density at radius 3 is 3.07 bits per heavy atom. The van der Waals surface area contributed by atoms with E-state index in [-0.39, 0.29) is 6.04 Å². The summed E-state index contributed by atoms with van der Waals surface area (Å²) in [7, 11) is 0. The molecule has 4 nitrogen and oxygen atoms in total. The van der Waals surface area contributed by atoms with Gasteiger partial charge in [0.1, 0.15) is 0 Å². The molecule has 4 heteroatoms. The fourth-order valence-corrected chi connectivity index (χ4v) is 1.98. The van der Waals surface area contributed by atoms with E-state index in [0.717, 1.165) is 18.5 Å². The van der Waals surface area contributed by atoms with Gasteiger partial charge in [0, 0.05) is 17.9 Å². The molecule has 74 valence electrons. The van der Waals surface area contributed by atoms with Crippen molar-refractivity contribution in [3.8, 4) is 0 Å². The van der Waals surface area contributed by atoms with Crippen molar-refractivity contribution in [3.63, 3.8) is 0 Å². The van der Waals surface area contributed by atoms with Gasteiger partial charge in [-0.15, -0.1) is 0 Å². The fourth-order valence-electron chi connectivity index (χ4n) is 1.98. The van der Waals surface area contributed by atoms with Crippen LogP contribution in [0.2, 0.25) is 0 Å². The number of aromatic nitrogens is 1. The van der Waals surface area contributed by atoms with Crippen molar-refractivity contribution in [2.45, 2.75) is 25.8 Å². The molecule has 0 bridgehead atoms. The maximum Gasteiger partial charge on any atom is 0.404 e. The van der Waals surface area contributed by atoms with Gasteiger partial charge in [-0.3, -0.25) is 4.98 Å². The predicted molar refractivity (Wildman–Crippen MR) is 51.3 cm³/mol. The van der Waals surface area contributed by atoms with Gasteiger partial charge >= 0.3 is 6.09 Å². The molecule has 0 aromatic carbocycles. The van der Waals surface area contributed by atoms with E-state index in [2.05, 4.69) is 10.3 Å². The molecule has 0 fully saturated rings. The van der Waals surface area contributed by atoms with Crippen LogP contribution in [-0.4, -0.2) is 22.2 Å². The van der Waals surface area contributed by atoms with Gasteiger partial charge in [0.2, 0.25) is 0 Å². The number of rotatable bonds is 1. The fraction of sp³-hybridized carbons (Fsp3) is 0.400. The summed E-state index contributed by atoms with van der Waals surface area (Å²) in [6.45, 7) is 1.96. The highest BCUT2D eigenvalue weighted by molar-refractivity contribution is 5.65. The highest BCUT2D eigenvalue weighted by Gasteiger charge is 2.24. The van der Waals surface area contributed by atoms with Crippen molar-refractivity contribution in [3.05, 3.63) is 29.1 Å². The third-order valence-electron chi connectivity index (χ3n) is 2.61. The summed E-state index contributed by atoms with van der Waals surface area (Å²) in [5.41, 5.74) is 3.43. The second-order valence-corrected chi connectivity index (χ2v) is 3.59. The first-order valence-corrected chi connectivity index (χ1v) is 4.59.